The molecule has 0 amide bonds. The molecule has 9 aromatic heterocycles. The first-order chi connectivity index (χ1) is 62.3. The van der Waals surface area contributed by atoms with Crippen LogP contribution in [0, 0.1) is 36.4 Å². The fourth-order valence-corrected chi connectivity index (χ4v) is 12.3. The number of furan rings is 1. The minimum Gasteiger partial charge on any atom is -0.545 e. The van der Waals surface area contributed by atoms with Gasteiger partial charge in [-0.1, -0.05) is 175 Å². The average molecular weight is 2640 g/mol. The number of pyridine rings is 6. The normalized spacial score (nSPS) is 10.3. The third kappa shape index (κ3) is 36.1. The average Bonchev–Trinajstić information content (AvgIpc) is 1.15. The van der Waals surface area contributed by atoms with Gasteiger partial charge in [0, 0.05) is 191 Å². The Morgan fingerprint density at radius 1 is 0.308 bits per heavy atom. The molecule has 9 heterocycles. The van der Waals surface area contributed by atoms with Gasteiger partial charge in [0.15, 0.2) is 28.8 Å². The minimum absolute atomic E-state index is 0. The van der Waals surface area contributed by atoms with Crippen LogP contribution in [0.4, 0.5) is 0 Å². The van der Waals surface area contributed by atoms with Gasteiger partial charge in [0.1, 0.15) is 6.33 Å². The number of rotatable bonds is 11. The third-order valence-corrected chi connectivity index (χ3v) is 17.7. The number of nitrogens with zero attached hydrogens (tertiary/aromatic N) is 10. The second-order valence-electron chi connectivity index (χ2n) is 27.7. The Bertz CT molecular complexity index is 6520. The second-order valence-corrected chi connectivity index (χ2v) is 27.7. The zero-order chi connectivity index (χ0) is 90.6. The summed E-state index contributed by atoms with van der Waals surface area (Å²) in [5.74, 6) is 0.360. The number of hydrogen-bond donors (Lipinski definition) is 4. The van der Waals surface area contributed by atoms with Crippen LogP contribution in [0.1, 0.15) is 58.8 Å². The topological polar surface area (TPSA) is 291 Å². The molecule has 0 aliphatic carbocycles. The van der Waals surface area contributed by atoms with Crippen molar-refractivity contribution in [3.05, 3.63) is 449 Å². The van der Waals surface area contributed by atoms with E-state index >= 15 is 0 Å². The Balaban J connectivity index is 0.000000265. The summed E-state index contributed by atoms with van der Waals surface area (Å²) in [6, 6.07) is 114. The first-order valence-corrected chi connectivity index (χ1v) is 40.1. The molecule has 0 saturated carbocycles. The molecule has 24 heteroatoms. The molecular weight excluding hydrogens is 2550 g/mol. The van der Waals surface area contributed by atoms with Crippen LogP contribution in [0.2, 0.25) is 0 Å². The van der Waals surface area contributed by atoms with Crippen LogP contribution in [-0.2, 0) is 115 Å². The molecule has 0 atom stereocenters. The van der Waals surface area contributed by atoms with E-state index in [0.717, 1.165) is 83.5 Å². The predicted molar refractivity (Wildman–Crippen MR) is 508 cm³/mol. The van der Waals surface area contributed by atoms with E-state index in [-0.39, 0.29) is 147 Å². The van der Waals surface area contributed by atoms with Crippen molar-refractivity contribution < 1.29 is 145 Å². The van der Waals surface area contributed by atoms with Gasteiger partial charge >= 0.3 is 0 Å². The van der Waals surface area contributed by atoms with Crippen LogP contribution in [0.25, 0.3) is 133 Å². The Kier molecular flexibility index (Phi) is 49.1. The Labute approximate surface area is 840 Å². The summed E-state index contributed by atoms with van der Waals surface area (Å²) in [7, 11) is 0. The van der Waals surface area contributed by atoms with Gasteiger partial charge in [-0.25, -0.2) is 9.97 Å². The van der Waals surface area contributed by atoms with Crippen LogP contribution in [0.15, 0.2) is 411 Å². The summed E-state index contributed by atoms with van der Waals surface area (Å²) in [6.45, 7) is 10.0. The van der Waals surface area contributed by atoms with E-state index in [1.807, 2.05) is 195 Å². The van der Waals surface area contributed by atoms with Crippen LogP contribution in [0.3, 0.4) is 0 Å². The van der Waals surface area contributed by atoms with Crippen LogP contribution >= 0.6 is 0 Å². The first kappa shape index (κ1) is 110. The Morgan fingerprint density at radius 3 is 1.22 bits per heavy atom. The molecule has 0 fully saturated rings. The Hall–Kier alpha value is -13.8. The number of allylic oxidation sites excluding steroid dienone is 8. The van der Waals surface area contributed by atoms with E-state index in [1.54, 1.807) is 73.8 Å². The molecule has 0 aliphatic rings. The molecule has 4 N–H and O–H groups in total. The quantitative estimate of drug-likeness (QED) is 0.0405. The van der Waals surface area contributed by atoms with Crippen molar-refractivity contribution in [1.29, 1.82) is 0 Å². The molecule has 10 aromatic carbocycles. The number of fused-ring (bicyclic) bond motifs is 6. The predicted octanol–water partition coefficient (Wildman–Crippen LogP) is 24.8. The number of aliphatic hydroxyl groups excluding tert-OH is 4. The summed E-state index contributed by atoms with van der Waals surface area (Å²) in [6.07, 6.45) is 23.7. The summed E-state index contributed by atoms with van der Waals surface area (Å²) < 4.78 is 5.31. The fraction of sp³-hybridized carbons (Fsp3) is 0.0642. The van der Waals surface area contributed by atoms with Gasteiger partial charge in [0.2, 0.25) is 0 Å². The van der Waals surface area contributed by atoms with Gasteiger partial charge in [0.05, 0.1) is 28.6 Å². The Morgan fingerprint density at radius 2 is 0.752 bits per heavy atom. The van der Waals surface area contributed by atoms with Gasteiger partial charge in [-0.15, -0.1) is 155 Å². The zero-order valence-corrected chi connectivity index (χ0v) is 84.8. The van der Waals surface area contributed by atoms with Crippen LogP contribution in [-0.4, -0.2) is 93.4 Å². The van der Waals surface area contributed by atoms with Gasteiger partial charge in [-0.2, -0.15) is 11.6 Å². The molecule has 0 bridgehead atoms. The van der Waals surface area contributed by atoms with Crippen molar-refractivity contribution in [3.8, 4) is 67.7 Å². The van der Waals surface area contributed by atoms with Gasteiger partial charge in [-0.3, -0.25) is 34.1 Å². The minimum atomic E-state index is -0.171. The number of benzene rings is 10. The first-order valence-electron chi connectivity index (χ1n) is 40.1. The van der Waals surface area contributed by atoms with Crippen molar-refractivity contribution in [2.45, 2.75) is 48.5 Å². The van der Waals surface area contributed by atoms with E-state index in [9.17, 15) is 19.2 Å². The summed E-state index contributed by atoms with van der Waals surface area (Å²) >= 11 is 0. The molecule has 0 spiro atoms. The molecule has 5 radical (unpaired) electrons. The van der Waals surface area contributed by atoms with Crippen molar-refractivity contribution in [1.82, 2.24) is 49.8 Å². The van der Waals surface area contributed by atoms with Crippen molar-refractivity contribution in [2.24, 2.45) is 0 Å². The SMILES string of the molecule is CC(=O)C=C(C)O.CC(=O)C=C(C)O.CC(=O)C=C(C)O.CC(O)=CC(=O)c1ccccc1.[Ir].[Ir].[Ir].[Ir].[Ir].[c-]1ccc2ccccc2c1-c1cc2ccccc2cn1.[c-]1ccccc1-c1ccccn1.[c-]1ccccc1-c1nccc2ccccc12.[c-]1ccccc1-c1ncnc2nccnc12.[c-]1ccoc1-c1nccc2ccccc12.[c-]1cnccc1-c1nccc2ccccc12. The molecule has 133 heavy (non-hydrogen) atoms. The molecule has 19 nitrogen and oxygen atoms in total. The summed E-state index contributed by atoms with van der Waals surface area (Å²) in [4.78, 5) is 83.9. The van der Waals surface area contributed by atoms with Crippen LogP contribution in [0.5, 0.6) is 0 Å². The standard InChI is InChI=1S/C19H12N.C15H10N.C14H9N2.C13H8NO.C12H7N4.C11H8N.C10H10O2.3C5H8O2.5Ir/c1-2-8-16-13-20-19(12-15(16)7-1)18-11-5-9-14-6-3-4-10-17(14)18;1-2-7-13(8-3-1)15-14-9-5-4-6-12(14)10-11-16-15;1-2-4-13-11(3-1)7-10-16-14(13)12-5-8-15-9-6-12;1-2-5-11-10(4-1)7-8-14-13(11)12-6-3-9-15-12;1-2-4-9(5-3-1)10-11-12(16-8-15-10)14-7-6-13-11;1-2-6-10(7-3-1)11-8-4-5-9-12-11;1-8(11)7-10(12)9-5-3-2-4-6-9;3*1-4(6)3-5(2)7;;;;;/h1-10,12-13H;1-7,9-11H;1-5,7-10H;1-5,7-9H;1-4,6-8H;1-6,8-9H;2-7,11H,1H3;3*3,6H,1-2H3;;;;;/q6*-1;;;;;;;;;. The monoisotopic (exact) mass is 2650 g/mol. The summed E-state index contributed by atoms with van der Waals surface area (Å²) in [5.41, 5.74) is 12.4. The molecular formula is C109H88Ir5N10O9-6. The van der Waals surface area contributed by atoms with E-state index in [0.29, 0.717) is 22.5 Å². The molecule has 679 valence electrons. The van der Waals surface area contributed by atoms with Crippen molar-refractivity contribution >= 4 is 88.2 Å². The smallest absolute Gasteiger partial charge is 0.189 e. The van der Waals surface area contributed by atoms with Gasteiger partial charge in [-0.05, 0) is 157 Å². The molecule has 19 rings (SSSR count). The maximum Gasteiger partial charge on any atom is 0.189 e. The largest absolute Gasteiger partial charge is 0.545 e. The zero-order valence-electron chi connectivity index (χ0n) is 72.8. The fourth-order valence-electron chi connectivity index (χ4n) is 12.3. The summed E-state index contributed by atoms with van der Waals surface area (Å²) in [5, 5.41) is 45.7. The number of hydrogen-bond acceptors (Lipinski definition) is 19. The maximum absolute atomic E-state index is 11.2. The number of ketones is 4. The van der Waals surface area contributed by atoms with Crippen molar-refractivity contribution in [2.75, 3.05) is 0 Å². The molecule has 0 aliphatic heterocycles. The van der Waals surface area contributed by atoms with E-state index < -0.39 is 0 Å². The number of aromatic nitrogens is 10. The van der Waals surface area contributed by atoms with Crippen LogP contribution < -0.4 is 0 Å². The molecule has 0 unspecified atom stereocenters. The third-order valence-electron chi connectivity index (χ3n) is 17.7. The molecule has 0 saturated heterocycles. The molecule has 19 aromatic rings. The number of aliphatic hydroxyl groups is 4. The number of carbonyl (C=O) groups is 4. The van der Waals surface area contributed by atoms with E-state index in [2.05, 4.69) is 171 Å². The van der Waals surface area contributed by atoms with Gasteiger partial charge in [0.25, 0.3) is 0 Å². The second kappa shape index (κ2) is 59.5. The van der Waals surface area contributed by atoms with E-state index in [4.69, 9.17) is 24.8 Å². The van der Waals surface area contributed by atoms with E-state index in [1.165, 1.54) is 111 Å². The van der Waals surface area contributed by atoms with Gasteiger partial charge < -0.3 is 49.8 Å². The number of carbonyl (C=O) groups excluding carboxylic acids is 4. The van der Waals surface area contributed by atoms with Crippen molar-refractivity contribution in [3.63, 3.8) is 0 Å². The maximum atomic E-state index is 11.2.